The van der Waals surface area contributed by atoms with Gasteiger partial charge in [0, 0.05) is 12.8 Å². The molecule has 0 spiro atoms. The fourth-order valence-corrected chi connectivity index (χ4v) is 3.60. The zero-order chi connectivity index (χ0) is 28.9. The molecule has 0 saturated carbocycles. The normalized spacial score (nSPS) is 13.8. The van der Waals surface area contributed by atoms with Gasteiger partial charge in [-0.1, -0.05) is 42.5 Å². The summed E-state index contributed by atoms with van der Waals surface area (Å²) in [5.74, 6) is -4.59. The van der Waals surface area contributed by atoms with Crippen molar-refractivity contribution in [1.29, 1.82) is 0 Å². The highest BCUT2D eigenvalue weighted by Crippen LogP contribution is 2.11. The number of phenols is 1. The van der Waals surface area contributed by atoms with Gasteiger partial charge in [0.05, 0.1) is 12.6 Å². The van der Waals surface area contributed by atoms with Crippen LogP contribution < -0.4 is 27.4 Å². The van der Waals surface area contributed by atoms with E-state index in [1.807, 2.05) is 0 Å². The number of rotatable bonds is 15. The Labute approximate surface area is 224 Å². The molecule has 2 rings (SSSR count). The number of hydrogen-bond acceptors (Lipinski definition) is 8. The third-order valence-electron chi connectivity index (χ3n) is 5.75. The molecule has 13 heteroatoms. The summed E-state index contributed by atoms with van der Waals surface area (Å²) in [7, 11) is 0. The van der Waals surface area contributed by atoms with Crippen molar-refractivity contribution in [3.63, 3.8) is 0 Å². The van der Waals surface area contributed by atoms with E-state index < -0.39 is 60.4 Å². The molecule has 39 heavy (non-hydrogen) atoms. The Kier molecular flexibility index (Phi) is 11.9. The largest absolute Gasteiger partial charge is 0.508 e. The van der Waals surface area contributed by atoms with Crippen LogP contribution in [0.2, 0.25) is 0 Å². The van der Waals surface area contributed by atoms with Crippen LogP contribution in [0.3, 0.4) is 0 Å². The number of benzene rings is 2. The lowest BCUT2D eigenvalue weighted by molar-refractivity contribution is -0.143. The van der Waals surface area contributed by atoms with Crippen LogP contribution in [0, 0.1) is 0 Å². The standard InChI is InChI=1S/C26H33N5O8/c27-18(12-16-6-8-17(33)9-7-16)23(35)30-20(13-15-4-2-1-3-5-15)25(37)29-19(10-11-22(28)34)24(36)31-21(14-32)26(38)39/h1-9,18-21,32-33H,10-14,27H2,(H2,28,34)(H,29,37)(H,30,35)(H,31,36)(H,38,39)/t18-,19-,20-,21-/m0/s1. The molecule has 0 aliphatic carbocycles. The van der Waals surface area contributed by atoms with Crippen LogP contribution in [-0.4, -0.2) is 75.7 Å². The summed E-state index contributed by atoms with van der Waals surface area (Å²) in [6.07, 6.45) is -0.407. The number of aliphatic hydroxyl groups is 1. The lowest BCUT2D eigenvalue weighted by Gasteiger charge is -2.25. The first-order valence-electron chi connectivity index (χ1n) is 12.1. The molecule has 0 fully saturated rings. The van der Waals surface area contributed by atoms with Crippen LogP contribution in [0.5, 0.6) is 5.75 Å². The molecular formula is C26H33N5O8. The van der Waals surface area contributed by atoms with E-state index in [0.717, 1.165) is 0 Å². The van der Waals surface area contributed by atoms with E-state index in [1.54, 1.807) is 42.5 Å². The average molecular weight is 544 g/mol. The highest BCUT2D eigenvalue weighted by molar-refractivity contribution is 5.94. The summed E-state index contributed by atoms with van der Waals surface area (Å²) in [5.41, 5.74) is 12.6. The minimum absolute atomic E-state index is 0.0306. The second-order valence-electron chi connectivity index (χ2n) is 8.88. The predicted molar refractivity (Wildman–Crippen MR) is 139 cm³/mol. The van der Waals surface area contributed by atoms with E-state index in [-0.39, 0.29) is 31.4 Å². The summed E-state index contributed by atoms with van der Waals surface area (Å²) in [6.45, 7) is -0.900. The van der Waals surface area contributed by atoms with Gasteiger partial charge in [-0.3, -0.25) is 19.2 Å². The zero-order valence-corrected chi connectivity index (χ0v) is 21.1. The molecular weight excluding hydrogens is 510 g/mol. The number of carboxylic acids is 1. The molecule has 0 aliphatic rings. The van der Waals surface area contributed by atoms with Gasteiger partial charge in [0.2, 0.25) is 23.6 Å². The van der Waals surface area contributed by atoms with E-state index in [9.17, 15) is 34.2 Å². The van der Waals surface area contributed by atoms with Gasteiger partial charge in [0.1, 0.15) is 23.9 Å². The van der Waals surface area contributed by atoms with Crippen molar-refractivity contribution in [3.8, 4) is 5.75 Å². The summed E-state index contributed by atoms with van der Waals surface area (Å²) >= 11 is 0. The molecule has 0 bridgehead atoms. The number of carbonyl (C=O) groups excluding carboxylic acids is 4. The van der Waals surface area contributed by atoms with Gasteiger partial charge in [0.25, 0.3) is 0 Å². The van der Waals surface area contributed by atoms with Gasteiger partial charge in [0.15, 0.2) is 0 Å². The number of nitrogens with two attached hydrogens (primary N) is 2. The maximum atomic E-state index is 13.3. The first-order valence-corrected chi connectivity index (χ1v) is 12.1. The van der Waals surface area contributed by atoms with Crippen molar-refractivity contribution in [2.75, 3.05) is 6.61 Å². The number of primary amides is 1. The number of nitrogens with one attached hydrogen (secondary N) is 3. The molecule has 0 aromatic heterocycles. The summed E-state index contributed by atoms with van der Waals surface area (Å²) < 4.78 is 0. The quantitative estimate of drug-likeness (QED) is 0.128. The Morgan fingerprint density at radius 1 is 0.744 bits per heavy atom. The first-order chi connectivity index (χ1) is 18.5. The third-order valence-corrected chi connectivity index (χ3v) is 5.75. The number of phenolic OH excluding ortho intramolecular Hbond substituents is 1. The maximum Gasteiger partial charge on any atom is 0.328 e. The van der Waals surface area contributed by atoms with Crippen molar-refractivity contribution < 1.29 is 39.3 Å². The minimum Gasteiger partial charge on any atom is -0.508 e. The Bertz CT molecular complexity index is 1140. The Morgan fingerprint density at radius 2 is 1.28 bits per heavy atom. The van der Waals surface area contributed by atoms with Crippen molar-refractivity contribution in [2.24, 2.45) is 11.5 Å². The first kappa shape index (κ1) is 30.7. The highest BCUT2D eigenvalue weighted by Gasteiger charge is 2.30. The van der Waals surface area contributed by atoms with Crippen molar-refractivity contribution in [3.05, 3.63) is 65.7 Å². The van der Waals surface area contributed by atoms with Gasteiger partial charge in [-0.2, -0.15) is 0 Å². The van der Waals surface area contributed by atoms with Crippen LogP contribution in [0.4, 0.5) is 0 Å². The van der Waals surface area contributed by atoms with Crippen molar-refractivity contribution in [1.82, 2.24) is 16.0 Å². The van der Waals surface area contributed by atoms with Gasteiger partial charge in [-0.15, -0.1) is 0 Å². The Hall–Kier alpha value is -4.49. The number of amides is 4. The van der Waals surface area contributed by atoms with Gasteiger partial charge >= 0.3 is 5.97 Å². The smallest absolute Gasteiger partial charge is 0.328 e. The molecule has 0 heterocycles. The van der Waals surface area contributed by atoms with Crippen LogP contribution in [0.1, 0.15) is 24.0 Å². The zero-order valence-electron chi connectivity index (χ0n) is 21.1. The molecule has 4 atom stereocenters. The lowest BCUT2D eigenvalue weighted by atomic mass is 10.0. The number of carboxylic acid groups (broad SMARTS) is 1. The SMILES string of the molecule is NC(=O)CC[C@H](NC(=O)[C@H](Cc1ccccc1)NC(=O)[C@@H](N)Cc1ccc(O)cc1)C(=O)N[C@@H](CO)C(=O)O. The fourth-order valence-electron chi connectivity index (χ4n) is 3.60. The summed E-state index contributed by atoms with van der Waals surface area (Å²) in [5, 5.41) is 34.9. The molecule has 2 aromatic carbocycles. The Morgan fingerprint density at radius 3 is 1.85 bits per heavy atom. The Balaban J connectivity index is 2.21. The van der Waals surface area contributed by atoms with E-state index >= 15 is 0 Å². The number of aromatic hydroxyl groups is 1. The van der Waals surface area contributed by atoms with Gasteiger partial charge in [-0.25, -0.2) is 4.79 Å². The molecule has 0 radical (unpaired) electrons. The van der Waals surface area contributed by atoms with E-state index in [4.69, 9.17) is 16.6 Å². The number of aliphatic carboxylic acids is 1. The number of carbonyl (C=O) groups is 5. The molecule has 2 aromatic rings. The maximum absolute atomic E-state index is 13.3. The third kappa shape index (κ3) is 10.4. The molecule has 10 N–H and O–H groups in total. The van der Waals surface area contributed by atoms with Gasteiger partial charge in [-0.05, 0) is 36.1 Å². The monoisotopic (exact) mass is 543 g/mol. The molecule has 0 aliphatic heterocycles. The summed E-state index contributed by atoms with van der Waals surface area (Å²) in [4.78, 5) is 61.5. The average Bonchev–Trinajstić information content (AvgIpc) is 2.90. The number of aliphatic hydroxyl groups excluding tert-OH is 1. The topological polar surface area (TPSA) is 234 Å². The van der Waals surface area contributed by atoms with Crippen molar-refractivity contribution >= 4 is 29.6 Å². The van der Waals surface area contributed by atoms with Crippen molar-refractivity contribution in [2.45, 2.75) is 49.9 Å². The molecule has 13 nitrogen and oxygen atoms in total. The molecule has 0 unspecified atom stereocenters. The predicted octanol–water partition coefficient (Wildman–Crippen LogP) is -1.70. The van der Waals surface area contributed by atoms with E-state index in [2.05, 4.69) is 16.0 Å². The lowest BCUT2D eigenvalue weighted by Crippen LogP contribution is -2.58. The van der Waals surface area contributed by atoms with Crippen LogP contribution >= 0.6 is 0 Å². The number of hydrogen-bond donors (Lipinski definition) is 8. The second kappa shape index (κ2) is 15.1. The van der Waals surface area contributed by atoms with Crippen LogP contribution in [0.15, 0.2) is 54.6 Å². The molecule has 4 amide bonds. The van der Waals surface area contributed by atoms with Gasteiger partial charge < -0.3 is 42.7 Å². The summed E-state index contributed by atoms with van der Waals surface area (Å²) in [6, 6.07) is 9.58. The highest BCUT2D eigenvalue weighted by atomic mass is 16.4. The van der Waals surface area contributed by atoms with Crippen LogP contribution in [-0.2, 0) is 36.8 Å². The second-order valence-corrected chi connectivity index (χ2v) is 8.88. The van der Waals surface area contributed by atoms with E-state index in [1.165, 1.54) is 12.1 Å². The minimum atomic E-state index is -1.64. The van der Waals surface area contributed by atoms with Crippen LogP contribution in [0.25, 0.3) is 0 Å². The molecule has 210 valence electrons. The van der Waals surface area contributed by atoms with E-state index in [0.29, 0.717) is 11.1 Å². The molecule has 0 saturated heterocycles. The fraction of sp³-hybridized carbons (Fsp3) is 0.346.